The summed E-state index contributed by atoms with van der Waals surface area (Å²) in [6, 6.07) is 0. The Balaban J connectivity index is 2.22. The van der Waals surface area contributed by atoms with E-state index in [2.05, 4.69) is 4.74 Å². The zero-order valence-corrected chi connectivity index (χ0v) is 10.3. The van der Waals surface area contributed by atoms with Crippen molar-refractivity contribution in [3.63, 3.8) is 0 Å². The minimum absolute atomic E-state index is 0.0861. The lowest BCUT2D eigenvalue weighted by molar-refractivity contribution is -0.145. The standard InChI is InChI=1S/C13H14O5/c1-7-13-9(10(14)3-4-11(13)15)5-8(18-7)6-12(16)17-2/h3-4,7-8H,5-6H2,1-2H3/t7-,8-/m1/s1. The number of ether oxygens (including phenoxy) is 2. The summed E-state index contributed by atoms with van der Waals surface area (Å²) in [7, 11) is 1.30. The number of esters is 1. The first-order valence-corrected chi connectivity index (χ1v) is 5.75. The van der Waals surface area contributed by atoms with Gasteiger partial charge < -0.3 is 9.47 Å². The molecule has 0 amide bonds. The van der Waals surface area contributed by atoms with Gasteiger partial charge in [-0.1, -0.05) is 0 Å². The number of allylic oxidation sites excluding steroid dienone is 2. The van der Waals surface area contributed by atoms with Crippen LogP contribution in [-0.2, 0) is 23.9 Å². The van der Waals surface area contributed by atoms with Gasteiger partial charge in [0.25, 0.3) is 0 Å². The maximum atomic E-state index is 11.8. The average molecular weight is 250 g/mol. The molecule has 0 aromatic rings. The molecule has 2 aliphatic rings. The topological polar surface area (TPSA) is 69.7 Å². The second-order valence-electron chi connectivity index (χ2n) is 4.34. The molecule has 0 aromatic carbocycles. The van der Waals surface area contributed by atoms with Crippen LogP contribution in [0.5, 0.6) is 0 Å². The van der Waals surface area contributed by atoms with E-state index in [1.165, 1.54) is 19.3 Å². The highest BCUT2D eigenvalue weighted by molar-refractivity contribution is 6.20. The summed E-state index contributed by atoms with van der Waals surface area (Å²) in [5, 5.41) is 0. The third-order valence-electron chi connectivity index (χ3n) is 3.13. The lowest BCUT2D eigenvalue weighted by Gasteiger charge is -2.31. The Morgan fingerprint density at radius 2 is 2.06 bits per heavy atom. The van der Waals surface area contributed by atoms with Crippen molar-refractivity contribution >= 4 is 17.5 Å². The van der Waals surface area contributed by atoms with Crippen molar-refractivity contribution in [2.24, 2.45) is 0 Å². The predicted octanol–water partition coefficient (Wildman–Crippen LogP) is 0.731. The fourth-order valence-electron chi connectivity index (χ4n) is 2.30. The maximum absolute atomic E-state index is 11.8. The van der Waals surface area contributed by atoms with Crippen molar-refractivity contribution in [2.45, 2.75) is 32.0 Å². The molecule has 2 atom stereocenters. The van der Waals surface area contributed by atoms with Crippen LogP contribution in [0.25, 0.3) is 0 Å². The molecule has 18 heavy (non-hydrogen) atoms. The van der Waals surface area contributed by atoms with E-state index < -0.39 is 12.2 Å². The summed E-state index contributed by atoms with van der Waals surface area (Å²) in [6.07, 6.45) is 2.03. The Morgan fingerprint density at radius 1 is 1.39 bits per heavy atom. The zero-order chi connectivity index (χ0) is 13.3. The molecular formula is C13H14O5. The lowest BCUT2D eigenvalue weighted by Crippen LogP contribution is -2.36. The summed E-state index contributed by atoms with van der Waals surface area (Å²) in [6.45, 7) is 1.71. The van der Waals surface area contributed by atoms with Crippen LogP contribution in [-0.4, -0.2) is 36.9 Å². The molecule has 0 unspecified atom stereocenters. The predicted molar refractivity (Wildman–Crippen MR) is 61.8 cm³/mol. The third kappa shape index (κ3) is 2.26. The molecule has 2 rings (SSSR count). The van der Waals surface area contributed by atoms with Gasteiger partial charge >= 0.3 is 5.97 Å². The molecular weight excluding hydrogens is 236 g/mol. The fraction of sp³-hybridized carbons (Fsp3) is 0.462. The third-order valence-corrected chi connectivity index (χ3v) is 3.13. The average Bonchev–Trinajstić information content (AvgIpc) is 2.33. The number of carbonyl (C=O) groups excluding carboxylic acids is 3. The highest BCUT2D eigenvalue weighted by atomic mass is 16.5. The summed E-state index contributed by atoms with van der Waals surface area (Å²) in [5.41, 5.74) is 0.888. The van der Waals surface area contributed by atoms with Gasteiger partial charge in [0.15, 0.2) is 11.6 Å². The van der Waals surface area contributed by atoms with Gasteiger partial charge in [-0.05, 0) is 19.1 Å². The molecule has 5 heteroatoms. The normalized spacial score (nSPS) is 27.2. The zero-order valence-electron chi connectivity index (χ0n) is 10.3. The highest BCUT2D eigenvalue weighted by Crippen LogP contribution is 2.31. The fourth-order valence-corrected chi connectivity index (χ4v) is 2.30. The number of ketones is 2. The molecule has 0 aromatic heterocycles. The van der Waals surface area contributed by atoms with E-state index in [4.69, 9.17) is 4.74 Å². The van der Waals surface area contributed by atoms with Crippen LogP contribution in [0.2, 0.25) is 0 Å². The van der Waals surface area contributed by atoms with Crippen molar-refractivity contribution in [1.82, 2.24) is 0 Å². The summed E-state index contributed by atoms with van der Waals surface area (Å²) in [4.78, 5) is 34.7. The van der Waals surface area contributed by atoms with Crippen molar-refractivity contribution < 1.29 is 23.9 Å². The Bertz CT molecular complexity index is 472. The van der Waals surface area contributed by atoms with Crippen LogP contribution >= 0.6 is 0 Å². The summed E-state index contributed by atoms with van der Waals surface area (Å²) >= 11 is 0. The monoisotopic (exact) mass is 250 g/mol. The lowest BCUT2D eigenvalue weighted by atomic mass is 9.85. The molecule has 0 spiro atoms. The largest absolute Gasteiger partial charge is 0.469 e. The first kappa shape index (κ1) is 12.7. The SMILES string of the molecule is COC(=O)C[C@H]1CC2=C(C(=O)C=CC2=O)[C@@H](C)O1. The molecule has 0 saturated heterocycles. The van der Waals surface area contributed by atoms with Crippen molar-refractivity contribution in [3.05, 3.63) is 23.3 Å². The second-order valence-corrected chi connectivity index (χ2v) is 4.34. The van der Waals surface area contributed by atoms with Crippen molar-refractivity contribution in [1.29, 1.82) is 0 Å². The molecule has 0 radical (unpaired) electrons. The van der Waals surface area contributed by atoms with E-state index in [-0.39, 0.29) is 30.4 Å². The summed E-state index contributed by atoms with van der Waals surface area (Å²) < 4.78 is 10.2. The maximum Gasteiger partial charge on any atom is 0.308 e. The number of methoxy groups -OCH3 is 1. The van der Waals surface area contributed by atoms with Gasteiger partial charge in [0.05, 0.1) is 25.7 Å². The molecule has 1 aliphatic carbocycles. The molecule has 1 aliphatic heterocycles. The number of hydrogen-bond acceptors (Lipinski definition) is 5. The van der Waals surface area contributed by atoms with Crippen LogP contribution in [0, 0.1) is 0 Å². The quantitative estimate of drug-likeness (QED) is 0.534. The van der Waals surface area contributed by atoms with E-state index in [9.17, 15) is 14.4 Å². The van der Waals surface area contributed by atoms with Gasteiger partial charge in [0, 0.05) is 17.6 Å². The van der Waals surface area contributed by atoms with Crippen LogP contribution in [0.3, 0.4) is 0 Å². The molecule has 1 heterocycles. The van der Waals surface area contributed by atoms with E-state index in [1.54, 1.807) is 6.92 Å². The minimum Gasteiger partial charge on any atom is -0.469 e. The van der Waals surface area contributed by atoms with E-state index >= 15 is 0 Å². The van der Waals surface area contributed by atoms with Crippen molar-refractivity contribution in [2.75, 3.05) is 7.11 Å². The number of hydrogen-bond donors (Lipinski definition) is 0. The van der Waals surface area contributed by atoms with E-state index in [1.807, 2.05) is 0 Å². The van der Waals surface area contributed by atoms with E-state index in [0.29, 0.717) is 11.1 Å². The molecule has 0 fully saturated rings. The highest BCUT2D eigenvalue weighted by Gasteiger charge is 2.35. The van der Waals surface area contributed by atoms with Crippen LogP contribution < -0.4 is 0 Å². The molecule has 0 bridgehead atoms. The molecule has 0 saturated carbocycles. The van der Waals surface area contributed by atoms with Gasteiger partial charge in [-0.25, -0.2) is 0 Å². The van der Waals surface area contributed by atoms with Gasteiger partial charge in [-0.3, -0.25) is 14.4 Å². The van der Waals surface area contributed by atoms with Gasteiger partial charge in [0.2, 0.25) is 0 Å². The second kappa shape index (κ2) is 4.86. The van der Waals surface area contributed by atoms with Gasteiger partial charge in [-0.15, -0.1) is 0 Å². The molecule has 5 nitrogen and oxygen atoms in total. The van der Waals surface area contributed by atoms with E-state index in [0.717, 1.165) is 0 Å². The minimum atomic E-state index is -0.468. The summed E-state index contributed by atoms with van der Waals surface area (Å²) in [5.74, 6) is -0.746. The molecule has 0 N–H and O–H groups in total. The Morgan fingerprint density at radius 3 is 2.72 bits per heavy atom. The molecule has 96 valence electrons. The van der Waals surface area contributed by atoms with Gasteiger partial charge in [0.1, 0.15) is 0 Å². The number of carbonyl (C=O) groups is 3. The Labute approximate surface area is 104 Å². The van der Waals surface area contributed by atoms with Crippen molar-refractivity contribution in [3.8, 4) is 0 Å². The smallest absolute Gasteiger partial charge is 0.308 e. The van der Waals surface area contributed by atoms with Crippen LogP contribution in [0.4, 0.5) is 0 Å². The number of rotatable bonds is 2. The first-order chi connectivity index (χ1) is 8.52. The Hall–Kier alpha value is -1.75. The first-order valence-electron chi connectivity index (χ1n) is 5.75. The van der Waals surface area contributed by atoms with Gasteiger partial charge in [-0.2, -0.15) is 0 Å². The van der Waals surface area contributed by atoms with Crippen LogP contribution in [0.1, 0.15) is 19.8 Å². The van der Waals surface area contributed by atoms with Crippen LogP contribution in [0.15, 0.2) is 23.3 Å². The Kier molecular flexibility index (Phi) is 3.43.